The number of halogens is 2. The van der Waals surface area contributed by atoms with Crippen LogP contribution in [0.25, 0.3) is 0 Å². The number of nitrogens with one attached hydrogen (secondary N) is 1. The molecule has 0 saturated carbocycles. The van der Waals surface area contributed by atoms with E-state index >= 15 is 0 Å². The van der Waals surface area contributed by atoms with E-state index in [1.54, 1.807) is 18.4 Å². The van der Waals surface area contributed by atoms with E-state index in [1.807, 2.05) is 18.2 Å². The molecule has 1 heterocycles. The number of hydrogen-bond donors (Lipinski definition) is 1. The second-order valence-electron chi connectivity index (χ2n) is 4.05. The van der Waals surface area contributed by atoms with Gasteiger partial charge in [0.2, 0.25) is 0 Å². The normalized spacial score (nSPS) is 12.4. The number of hydrogen-bond acceptors (Lipinski definition) is 3. The molecule has 0 aliphatic rings. The van der Waals surface area contributed by atoms with Crippen LogP contribution in [0.3, 0.4) is 0 Å². The van der Waals surface area contributed by atoms with Gasteiger partial charge in [-0.15, -0.1) is 0 Å². The summed E-state index contributed by atoms with van der Waals surface area (Å²) < 4.78 is 6.57. The van der Waals surface area contributed by atoms with E-state index in [2.05, 4.69) is 38.9 Å². The third-order valence-corrected chi connectivity index (χ3v) is 4.85. The third-order valence-electron chi connectivity index (χ3n) is 2.87. The number of thiophene rings is 1. The lowest BCUT2D eigenvalue weighted by atomic mass is 10.00. The van der Waals surface area contributed by atoms with Gasteiger partial charge in [-0.25, -0.2) is 0 Å². The van der Waals surface area contributed by atoms with Gasteiger partial charge >= 0.3 is 0 Å². The molecule has 102 valence electrons. The van der Waals surface area contributed by atoms with Gasteiger partial charge in [0, 0.05) is 20.4 Å². The second kappa shape index (κ2) is 6.75. The summed E-state index contributed by atoms with van der Waals surface area (Å²) in [4.78, 5) is 0. The molecule has 1 atom stereocenters. The van der Waals surface area contributed by atoms with Gasteiger partial charge in [-0.1, -0.05) is 24.6 Å². The van der Waals surface area contributed by atoms with E-state index in [1.165, 1.54) is 5.56 Å². The number of benzene rings is 1. The molecule has 0 saturated heterocycles. The fraction of sp³-hybridized carbons (Fsp3) is 0.286. The first-order valence-electron chi connectivity index (χ1n) is 5.95. The molecule has 5 heteroatoms. The molecule has 2 aromatic rings. The van der Waals surface area contributed by atoms with Gasteiger partial charge < -0.3 is 10.1 Å². The van der Waals surface area contributed by atoms with Gasteiger partial charge in [-0.05, 0) is 45.6 Å². The predicted octanol–water partition coefficient (Wildman–Crippen LogP) is 4.87. The van der Waals surface area contributed by atoms with E-state index in [4.69, 9.17) is 16.3 Å². The molecule has 0 fully saturated rings. The Kier molecular flexibility index (Phi) is 5.28. The summed E-state index contributed by atoms with van der Waals surface area (Å²) >= 11 is 11.3. The Morgan fingerprint density at radius 1 is 1.37 bits per heavy atom. The van der Waals surface area contributed by atoms with Crippen LogP contribution in [-0.2, 0) is 0 Å². The zero-order valence-corrected chi connectivity index (χ0v) is 13.9. The van der Waals surface area contributed by atoms with Crippen LogP contribution in [0.15, 0.2) is 33.4 Å². The van der Waals surface area contributed by atoms with Crippen molar-refractivity contribution >= 4 is 38.9 Å². The molecule has 1 N–H and O–H groups in total. The van der Waals surface area contributed by atoms with E-state index < -0.39 is 0 Å². The monoisotopic (exact) mass is 359 g/mol. The summed E-state index contributed by atoms with van der Waals surface area (Å²) in [7, 11) is 1.67. The first-order chi connectivity index (χ1) is 9.17. The maximum atomic E-state index is 6.03. The SMILES string of the molecule is CCNC(c1cscc1Br)c1ccc(Cl)cc1OC. The molecule has 2 rings (SSSR count). The molecule has 0 spiro atoms. The number of rotatable bonds is 5. The molecule has 0 amide bonds. The standard InChI is InChI=1S/C14H15BrClNOS/c1-3-17-14(11-7-19-8-12(11)15)10-5-4-9(16)6-13(10)18-2/h4-8,14,17H,3H2,1-2H3. The molecule has 0 aliphatic heterocycles. The van der Waals surface area contributed by atoms with Crippen molar-refractivity contribution in [3.63, 3.8) is 0 Å². The highest BCUT2D eigenvalue weighted by atomic mass is 79.9. The summed E-state index contributed by atoms with van der Waals surface area (Å²) in [6, 6.07) is 5.85. The van der Waals surface area contributed by atoms with Crippen LogP contribution in [0.2, 0.25) is 5.02 Å². The van der Waals surface area contributed by atoms with Crippen molar-refractivity contribution in [2.24, 2.45) is 0 Å². The van der Waals surface area contributed by atoms with Crippen molar-refractivity contribution in [1.82, 2.24) is 5.32 Å². The Labute approximate surface area is 130 Å². The minimum absolute atomic E-state index is 0.0952. The highest BCUT2D eigenvalue weighted by Gasteiger charge is 2.20. The average molecular weight is 361 g/mol. The zero-order chi connectivity index (χ0) is 13.8. The molecule has 0 aliphatic carbocycles. The Balaban J connectivity index is 2.48. The fourth-order valence-electron chi connectivity index (χ4n) is 2.01. The highest BCUT2D eigenvalue weighted by Crippen LogP contribution is 2.36. The predicted molar refractivity (Wildman–Crippen MR) is 85.5 cm³/mol. The largest absolute Gasteiger partial charge is 0.496 e. The van der Waals surface area contributed by atoms with Crippen LogP contribution in [0.4, 0.5) is 0 Å². The Hall–Kier alpha value is -0.550. The van der Waals surface area contributed by atoms with E-state index in [0.717, 1.165) is 22.3 Å². The van der Waals surface area contributed by atoms with Gasteiger partial charge in [-0.3, -0.25) is 0 Å². The highest BCUT2D eigenvalue weighted by molar-refractivity contribution is 9.10. The van der Waals surface area contributed by atoms with E-state index in [9.17, 15) is 0 Å². The lowest BCUT2D eigenvalue weighted by Gasteiger charge is -2.21. The molecule has 0 radical (unpaired) electrons. The van der Waals surface area contributed by atoms with Crippen molar-refractivity contribution in [3.8, 4) is 5.75 Å². The van der Waals surface area contributed by atoms with Crippen LogP contribution in [0, 0.1) is 0 Å². The van der Waals surface area contributed by atoms with Crippen LogP contribution in [0.5, 0.6) is 5.75 Å². The average Bonchev–Trinajstić information content (AvgIpc) is 2.82. The summed E-state index contributed by atoms with van der Waals surface area (Å²) in [6.07, 6.45) is 0. The van der Waals surface area contributed by atoms with Crippen molar-refractivity contribution in [3.05, 3.63) is 49.6 Å². The van der Waals surface area contributed by atoms with Gasteiger partial charge in [0.1, 0.15) is 5.75 Å². The van der Waals surface area contributed by atoms with Crippen molar-refractivity contribution in [2.75, 3.05) is 13.7 Å². The van der Waals surface area contributed by atoms with Crippen LogP contribution >= 0.6 is 38.9 Å². The second-order valence-corrected chi connectivity index (χ2v) is 6.09. The lowest BCUT2D eigenvalue weighted by molar-refractivity contribution is 0.404. The van der Waals surface area contributed by atoms with Crippen molar-refractivity contribution < 1.29 is 4.74 Å². The molecule has 1 aromatic carbocycles. The zero-order valence-electron chi connectivity index (χ0n) is 10.7. The maximum Gasteiger partial charge on any atom is 0.125 e. The molecular weight excluding hydrogens is 346 g/mol. The number of ether oxygens (including phenoxy) is 1. The summed E-state index contributed by atoms with van der Waals surface area (Å²) in [5, 5.41) is 8.40. The fourth-order valence-corrected chi connectivity index (χ4v) is 3.73. The topological polar surface area (TPSA) is 21.3 Å². The molecule has 1 aromatic heterocycles. The van der Waals surface area contributed by atoms with Gasteiger partial charge in [0.15, 0.2) is 0 Å². The molecule has 0 bridgehead atoms. The third kappa shape index (κ3) is 3.31. The van der Waals surface area contributed by atoms with Crippen LogP contribution in [0.1, 0.15) is 24.1 Å². The minimum Gasteiger partial charge on any atom is -0.496 e. The molecular formula is C14H15BrClNOS. The first kappa shape index (κ1) is 14.9. The molecule has 1 unspecified atom stereocenters. The Morgan fingerprint density at radius 3 is 2.74 bits per heavy atom. The van der Waals surface area contributed by atoms with Gasteiger partial charge in [0.25, 0.3) is 0 Å². The minimum atomic E-state index is 0.0952. The van der Waals surface area contributed by atoms with Crippen LogP contribution < -0.4 is 10.1 Å². The number of methoxy groups -OCH3 is 1. The Bertz CT molecular complexity index is 558. The Morgan fingerprint density at radius 2 is 2.16 bits per heavy atom. The smallest absolute Gasteiger partial charge is 0.125 e. The lowest BCUT2D eigenvalue weighted by Crippen LogP contribution is -2.22. The maximum absolute atomic E-state index is 6.03. The summed E-state index contributed by atoms with van der Waals surface area (Å²) in [6.45, 7) is 2.97. The first-order valence-corrected chi connectivity index (χ1v) is 8.07. The molecule has 19 heavy (non-hydrogen) atoms. The van der Waals surface area contributed by atoms with E-state index in [0.29, 0.717) is 5.02 Å². The van der Waals surface area contributed by atoms with Gasteiger partial charge in [0.05, 0.1) is 13.2 Å². The van der Waals surface area contributed by atoms with Crippen LogP contribution in [-0.4, -0.2) is 13.7 Å². The van der Waals surface area contributed by atoms with Gasteiger partial charge in [-0.2, -0.15) is 11.3 Å². The summed E-state index contributed by atoms with van der Waals surface area (Å²) in [5.74, 6) is 0.802. The molecule has 2 nitrogen and oxygen atoms in total. The summed E-state index contributed by atoms with van der Waals surface area (Å²) in [5.41, 5.74) is 2.31. The van der Waals surface area contributed by atoms with Crippen molar-refractivity contribution in [1.29, 1.82) is 0 Å². The quantitative estimate of drug-likeness (QED) is 0.821. The van der Waals surface area contributed by atoms with Crippen molar-refractivity contribution in [2.45, 2.75) is 13.0 Å². The van der Waals surface area contributed by atoms with E-state index in [-0.39, 0.29) is 6.04 Å².